The van der Waals surface area contributed by atoms with Gasteiger partial charge in [-0.05, 0) is 19.8 Å². The van der Waals surface area contributed by atoms with E-state index in [0.717, 1.165) is 12.8 Å². The van der Waals surface area contributed by atoms with Crippen molar-refractivity contribution in [2.45, 2.75) is 50.4 Å². The zero-order valence-electron chi connectivity index (χ0n) is 6.34. The van der Waals surface area contributed by atoms with Crippen LogP contribution in [-0.2, 0) is 4.74 Å². The van der Waals surface area contributed by atoms with E-state index in [2.05, 4.69) is 0 Å². The van der Waals surface area contributed by atoms with E-state index in [9.17, 15) is 5.11 Å². The van der Waals surface area contributed by atoms with Crippen molar-refractivity contribution in [1.82, 2.24) is 0 Å². The van der Waals surface area contributed by atoms with Gasteiger partial charge in [-0.3, -0.25) is 0 Å². The van der Waals surface area contributed by atoms with Crippen molar-refractivity contribution in [2.75, 3.05) is 0 Å². The van der Waals surface area contributed by atoms with Crippen molar-refractivity contribution in [3.63, 3.8) is 0 Å². The molecule has 1 saturated heterocycles. The average molecular weight is 142 g/mol. The van der Waals surface area contributed by atoms with Gasteiger partial charge in [-0.1, -0.05) is 12.8 Å². The maximum absolute atomic E-state index is 9.35. The molecule has 0 spiro atoms. The molecule has 0 radical (unpaired) electrons. The predicted octanol–water partition coefficient (Wildman–Crippen LogP) is 1.08. The Labute approximate surface area is 61.2 Å². The van der Waals surface area contributed by atoms with E-state index in [4.69, 9.17) is 4.74 Å². The summed E-state index contributed by atoms with van der Waals surface area (Å²) in [7, 11) is 0. The van der Waals surface area contributed by atoms with Gasteiger partial charge in [0.1, 0.15) is 5.60 Å². The summed E-state index contributed by atoms with van der Waals surface area (Å²) in [6.07, 6.45) is 4.85. The highest BCUT2D eigenvalue weighted by Gasteiger charge is 2.60. The van der Waals surface area contributed by atoms with Crippen molar-refractivity contribution in [1.29, 1.82) is 0 Å². The molecule has 0 amide bonds. The monoisotopic (exact) mass is 142 g/mol. The van der Waals surface area contributed by atoms with Gasteiger partial charge in [0.25, 0.3) is 0 Å². The first-order chi connectivity index (χ1) is 4.76. The Morgan fingerprint density at radius 3 is 2.90 bits per heavy atom. The molecule has 0 aromatic rings. The van der Waals surface area contributed by atoms with Crippen LogP contribution in [0.25, 0.3) is 0 Å². The van der Waals surface area contributed by atoms with Gasteiger partial charge in [-0.2, -0.15) is 0 Å². The van der Waals surface area contributed by atoms with E-state index in [0.29, 0.717) is 6.10 Å². The second-order valence-electron chi connectivity index (χ2n) is 3.48. The zero-order valence-corrected chi connectivity index (χ0v) is 6.34. The van der Waals surface area contributed by atoms with Crippen molar-refractivity contribution in [3.05, 3.63) is 0 Å². The van der Waals surface area contributed by atoms with Gasteiger partial charge in [0.2, 0.25) is 0 Å². The Bertz CT molecular complexity index is 144. The van der Waals surface area contributed by atoms with E-state index in [1.165, 1.54) is 12.8 Å². The van der Waals surface area contributed by atoms with Crippen LogP contribution in [-0.4, -0.2) is 22.9 Å². The molecule has 2 heteroatoms. The molecule has 2 nitrogen and oxygen atoms in total. The average Bonchev–Trinajstić information content (AvgIpc) is 2.61. The number of epoxide rings is 1. The predicted molar refractivity (Wildman–Crippen MR) is 37.8 cm³/mol. The maximum atomic E-state index is 9.35. The lowest BCUT2D eigenvalue weighted by Crippen LogP contribution is -2.31. The molecular weight excluding hydrogens is 128 g/mol. The largest absolute Gasteiger partial charge is 0.390 e. The number of aliphatic hydroxyl groups is 1. The Balaban J connectivity index is 2.05. The third-order valence-corrected chi connectivity index (χ3v) is 2.84. The van der Waals surface area contributed by atoms with Crippen LogP contribution >= 0.6 is 0 Å². The second-order valence-corrected chi connectivity index (χ2v) is 3.48. The van der Waals surface area contributed by atoms with Gasteiger partial charge in [0.05, 0.1) is 12.2 Å². The lowest BCUT2D eigenvalue weighted by atomic mass is 9.86. The van der Waals surface area contributed by atoms with E-state index >= 15 is 0 Å². The minimum Gasteiger partial charge on any atom is -0.390 e. The molecule has 0 bridgehead atoms. The van der Waals surface area contributed by atoms with Crippen molar-refractivity contribution < 1.29 is 9.84 Å². The first-order valence-corrected chi connectivity index (χ1v) is 4.11. The topological polar surface area (TPSA) is 32.8 Å². The van der Waals surface area contributed by atoms with Crippen LogP contribution in [0, 0.1) is 0 Å². The van der Waals surface area contributed by atoms with Crippen molar-refractivity contribution in [3.8, 4) is 0 Å². The highest BCUT2D eigenvalue weighted by molar-refractivity contribution is 5.08. The fraction of sp³-hybridized carbons (Fsp3) is 1.00. The molecule has 0 unspecified atom stereocenters. The van der Waals surface area contributed by atoms with Crippen molar-refractivity contribution >= 4 is 0 Å². The molecule has 1 saturated carbocycles. The van der Waals surface area contributed by atoms with Crippen LogP contribution in [0.15, 0.2) is 0 Å². The highest BCUT2D eigenvalue weighted by atomic mass is 16.6. The molecule has 1 N–H and O–H groups in total. The number of hydrogen-bond acceptors (Lipinski definition) is 2. The summed E-state index contributed by atoms with van der Waals surface area (Å²) < 4.78 is 5.48. The molecule has 2 aliphatic rings. The van der Waals surface area contributed by atoms with Gasteiger partial charge >= 0.3 is 0 Å². The smallest absolute Gasteiger partial charge is 0.120 e. The summed E-state index contributed by atoms with van der Waals surface area (Å²) in [4.78, 5) is 0. The fourth-order valence-electron chi connectivity index (χ4n) is 2.06. The Morgan fingerprint density at radius 1 is 1.60 bits per heavy atom. The standard InChI is InChI=1S/C8H14O2/c1-6(9)8-5-3-2-4-7(8)10-8/h6-7,9H,2-5H2,1H3/t6-,7+,8+/m0/s1. The summed E-state index contributed by atoms with van der Waals surface area (Å²) in [6, 6.07) is 0. The molecule has 2 rings (SSSR count). The number of ether oxygens (including phenoxy) is 1. The van der Waals surface area contributed by atoms with Crippen LogP contribution in [0.1, 0.15) is 32.6 Å². The summed E-state index contributed by atoms with van der Waals surface area (Å²) in [5, 5.41) is 9.35. The van der Waals surface area contributed by atoms with E-state index < -0.39 is 0 Å². The Kier molecular flexibility index (Phi) is 1.29. The molecule has 1 aliphatic carbocycles. The molecule has 0 aromatic carbocycles. The molecule has 0 aromatic heterocycles. The van der Waals surface area contributed by atoms with Gasteiger partial charge in [0, 0.05) is 0 Å². The van der Waals surface area contributed by atoms with Gasteiger partial charge in [-0.15, -0.1) is 0 Å². The van der Waals surface area contributed by atoms with Gasteiger partial charge < -0.3 is 9.84 Å². The number of hydrogen-bond donors (Lipinski definition) is 1. The molecule has 1 aliphatic heterocycles. The molecule has 3 atom stereocenters. The normalized spacial score (nSPS) is 48.0. The van der Waals surface area contributed by atoms with Crippen LogP contribution in [0.4, 0.5) is 0 Å². The quantitative estimate of drug-likeness (QED) is 0.556. The van der Waals surface area contributed by atoms with Crippen LogP contribution in [0.5, 0.6) is 0 Å². The molecular formula is C8H14O2. The summed E-state index contributed by atoms with van der Waals surface area (Å²) in [5.41, 5.74) is -0.0990. The lowest BCUT2D eigenvalue weighted by Gasteiger charge is -2.19. The van der Waals surface area contributed by atoms with Gasteiger partial charge in [0.15, 0.2) is 0 Å². The van der Waals surface area contributed by atoms with E-state index in [1.807, 2.05) is 6.92 Å². The Morgan fingerprint density at radius 2 is 2.40 bits per heavy atom. The summed E-state index contributed by atoms with van der Waals surface area (Å²) in [5.74, 6) is 0. The van der Waals surface area contributed by atoms with Crippen LogP contribution < -0.4 is 0 Å². The van der Waals surface area contributed by atoms with Crippen LogP contribution in [0.2, 0.25) is 0 Å². The van der Waals surface area contributed by atoms with Crippen LogP contribution in [0.3, 0.4) is 0 Å². The highest BCUT2D eigenvalue weighted by Crippen LogP contribution is 2.49. The fourth-order valence-corrected chi connectivity index (χ4v) is 2.06. The molecule has 58 valence electrons. The summed E-state index contributed by atoms with van der Waals surface area (Å²) in [6.45, 7) is 1.84. The van der Waals surface area contributed by atoms with E-state index in [1.54, 1.807) is 0 Å². The number of rotatable bonds is 1. The maximum Gasteiger partial charge on any atom is 0.120 e. The first-order valence-electron chi connectivity index (χ1n) is 4.11. The Hall–Kier alpha value is -0.0800. The zero-order chi connectivity index (χ0) is 7.19. The minimum absolute atomic E-state index is 0.0990. The van der Waals surface area contributed by atoms with Crippen molar-refractivity contribution in [2.24, 2.45) is 0 Å². The lowest BCUT2D eigenvalue weighted by molar-refractivity contribution is 0.0821. The third-order valence-electron chi connectivity index (χ3n) is 2.84. The SMILES string of the molecule is C[C@H](O)[C@]12CCCC[C@H]1O2. The summed E-state index contributed by atoms with van der Waals surface area (Å²) >= 11 is 0. The van der Waals surface area contributed by atoms with Gasteiger partial charge in [-0.25, -0.2) is 0 Å². The molecule has 10 heavy (non-hydrogen) atoms. The first kappa shape index (κ1) is 6.62. The molecule has 2 fully saturated rings. The minimum atomic E-state index is -0.266. The number of aliphatic hydroxyl groups excluding tert-OH is 1. The second kappa shape index (κ2) is 1.95. The van der Waals surface area contributed by atoms with E-state index in [-0.39, 0.29) is 11.7 Å². The number of fused-ring (bicyclic) bond motifs is 1. The third kappa shape index (κ3) is 0.722. The molecule has 1 heterocycles.